The zero-order chi connectivity index (χ0) is 18.8. The van der Waals surface area contributed by atoms with E-state index in [9.17, 15) is 10.1 Å². The van der Waals surface area contributed by atoms with Gasteiger partial charge in [0, 0.05) is 11.4 Å². The molecule has 2 heterocycles. The summed E-state index contributed by atoms with van der Waals surface area (Å²) in [5.41, 5.74) is 5.06. The van der Waals surface area contributed by atoms with Crippen LogP contribution in [0.3, 0.4) is 0 Å². The Hall–Kier alpha value is -2.43. The summed E-state index contributed by atoms with van der Waals surface area (Å²) >= 11 is 2.89. The average Bonchev–Trinajstić information content (AvgIpc) is 2.97. The highest BCUT2D eigenvalue weighted by Crippen LogP contribution is 2.27. The topological polar surface area (TPSA) is 78.7 Å². The average molecular weight is 383 g/mol. The fraction of sp³-hybridized carbons (Fsp3) is 0.263. The van der Waals surface area contributed by atoms with E-state index < -0.39 is 0 Å². The number of aromatic nitrogens is 2. The minimum absolute atomic E-state index is 0.128. The molecule has 3 rings (SSSR count). The molecule has 26 heavy (non-hydrogen) atoms. The highest BCUT2D eigenvalue weighted by Gasteiger charge is 2.14. The number of nitrogens with one attached hydrogen (secondary N) is 1. The quantitative estimate of drug-likeness (QED) is 0.671. The van der Waals surface area contributed by atoms with E-state index in [0.29, 0.717) is 10.6 Å². The van der Waals surface area contributed by atoms with Gasteiger partial charge < -0.3 is 5.32 Å². The van der Waals surface area contributed by atoms with Crippen LogP contribution in [0.2, 0.25) is 0 Å². The van der Waals surface area contributed by atoms with Crippen LogP contribution in [0.15, 0.2) is 23.2 Å². The minimum Gasteiger partial charge on any atom is -0.325 e. The van der Waals surface area contributed by atoms with Gasteiger partial charge in [0.05, 0.1) is 26.5 Å². The van der Waals surface area contributed by atoms with Gasteiger partial charge in [0.25, 0.3) is 0 Å². The normalized spacial score (nSPS) is 10.7. The van der Waals surface area contributed by atoms with Crippen molar-refractivity contribution < 1.29 is 4.79 Å². The highest BCUT2D eigenvalue weighted by molar-refractivity contribution is 8.00. The molecule has 0 saturated carbocycles. The molecule has 0 aliphatic rings. The molecule has 1 amide bonds. The van der Waals surface area contributed by atoms with E-state index >= 15 is 0 Å². The molecule has 132 valence electrons. The first kappa shape index (κ1) is 18.4. The molecule has 1 aromatic carbocycles. The third-order valence-electron chi connectivity index (χ3n) is 4.19. The summed E-state index contributed by atoms with van der Waals surface area (Å²) in [5.74, 6) is 0.0702. The lowest BCUT2D eigenvalue weighted by molar-refractivity contribution is -0.113. The van der Waals surface area contributed by atoms with Crippen molar-refractivity contribution in [2.75, 3.05) is 11.1 Å². The first-order chi connectivity index (χ1) is 12.4. The van der Waals surface area contributed by atoms with Gasteiger partial charge in [0.15, 0.2) is 0 Å². The zero-order valence-corrected chi connectivity index (χ0v) is 16.6. The summed E-state index contributed by atoms with van der Waals surface area (Å²) in [6, 6.07) is 7.90. The number of carbonyl (C=O) groups is 1. The first-order valence-corrected chi connectivity index (χ1v) is 9.87. The van der Waals surface area contributed by atoms with E-state index in [1.807, 2.05) is 45.9 Å². The molecule has 0 atom stereocenters. The van der Waals surface area contributed by atoms with Crippen molar-refractivity contribution in [3.8, 4) is 6.07 Å². The van der Waals surface area contributed by atoms with Gasteiger partial charge in [0.1, 0.15) is 11.1 Å². The van der Waals surface area contributed by atoms with Gasteiger partial charge in [-0.15, -0.1) is 11.3 Å². The van der Waals surface area contributed by atoms with Crippen LogP contribution in [-0.2, 0) is 4.79 Å². The van der Waals surface area contributed by atoms with Crippen molar-refractivity contribution in [3.63, 3.8) is 0 Å². The Morgan fingerprint density at radius 3 is 2.73 bits per heavy atom. The highest BCUT2D eigenvalue weighted by atomic mass is 32.2. The van der Waals surface area contributed by atoms with Gasteiger partial charge in [0.2, 0.25) is 5.91 Å². The summed E-state index contributed by atoms with van der Waals surface area (Å²) < 4.78 is 1.05. The van der Waals surface area contributed by atoms with Crippen LogP contribution in [0.25, 0.3) is 10.2 Å². The smallest absolute Gasteiger partial charge is 0.234 e. The number of pyridine rings is 1. The molecule has 0 aliphatic carbocycles. The van der Waals surface area contributed by atoms with E-state index in [2.05, 4.69) is 21.4 Å². The third-order valence-corrected chi connectivity index (χ3v) is 6.10. The summed E-state index contributed by atoms with van der Waals surface area (Å²) in [4.78, 5) is 21.2. The van der Waals surface area contributed by atoms with Gasteiger partial charge in [-0.25, -0.2) is 9.97 Å². The van der Waals surface area contributed by atoms with Gasteiger partial charge in [-0.2, -0.15) is 5.26 Å². The number of rotatable bonds is 4. The van der Waals surface area contributed by atoms with Crippen LogP contribution < -0.4 is 5.32 Å². The number of nitrogens with zero attached hydrogens (tertiary/aromatic N) is 3. The first-order valence-electron chi connectivity index (χ1n) is 8.06. The Morgan fingerprint density at radius 2 is 2.00 bits per heavy atom. The Labute approximate surface area is 160 Å². The SMILES string of the molecule is Cc1nc2ccc(NC(=O)CSc3nc(C)c(C)c(C)c3C#N)cc2s1. The third kappa shape index (κ3) is 3.71. The van der Waals surface area contributed by atoms with Gasteiger partial charge in [-0.1, -0.05) is 11.8 Å². The summed E-state index contributed by atoms with van der Waals surface area (Å²) in [6.07, 6.45) is 0. The number of hydrogen-bond donors (Lipinski definition) is 1. The number of fused-ring (bicyclic) bond motifs is 1. The number of anilines is 1. The molecule has 0 radical (unpaired) electrons. The Kier molecular flexibility index (Phi) is 5.25. The maximum absolute atomic E-state index is 12.3. The number of carbonyl (C=O) groups excluding carboxylic acids is 1. The maximum atomic E-state index is 12.3. The van der Waals surface area contributed by atoms with Crippen molar-refractivity contribution >= 4 is 44.9 Å². The fourth-order valence-electron chi connectivity index (χ4n) is 2.60. The number of thiazole rings is 1. The van der Waals surface area contributed by atoms with E-state index in [1.54, 1.807) is 11.3 Å². The second kappa shape index (κ2) is 7.44. The molecule has 0 spiro atoms. The lowest BCUT2D eigenvalue weighted by Crippen LogP contribution is -2.14. The zero-order valence-electron chi connectivity index (χ0n) is 15.0. The minimum atomic E-state index is -0.128. The van der Waals surface area contributed by atoms with Crippen molar-refractivity contribution in [2.45, 2.75) is 32.7 Å². The number of nitriles is 1. The lowest BCUT2D eigenvalue weighted by Gasteiger charge is -2.11. The number of aryl methyl sites for hydroxylation is 2. The number of amides is 1. The number of benzene rings is 1. The van der Waals surface area contributed by atoms with Crippen molar-refractivity contribution in [2.24, 2.45) is 0 Å². The van der Waals surface area contributed by atoms with E-state index in [4.69, 9.17) is 0 Å². The summed E-state index contributed by atoms with van der Waals surface area (Å²) in [7, 11) is 0. The van der Waals surface area contributed by atoms with E-state index in [1.165, 1.54) is 11.8 Å². The largest absolute Gasteiger partial charge is 0.325 e. The lowest BCUT2D eigenvalue weighted by atomic mass is 10.1. The molecular weight excluding hydrogens is 364 g/mol. The van der Waals surface area contributed by atoms with E-state index in [0.717, 1.165) is 37.7 Å². The Balaban J connectivity index is 1.71. The second-order valence-electron chi connectivity index (χ2n) is 5.99. The van der Waals surface area contributed by atoms with Crippen molar-refractivity contribution in [1.82, 2.24) is 9.97 Å². The van der Waals surface area contributed by atoms with Crippen LogP contribution in [0, 0.1) is 39.0 Å². The predicted molar refractivity (Wildman–Crippen MR) is 107 cm³/mol. The molecule has 2 aromatic heterocycles. The molecule has 0 bridgehead atoms. The molecule has 0 fully saturated rings. The Morgan fingerprint density at radius 1 is 1.23 bits per heavy atom. The predicted octanol–water partition coefficient (Wildman–Crippen LogP) is 4.53. The monoisotopic (exact) mass is 382 g/mol. The van der Waals surface area contributed by atoms with Gasteiger partial charge in [-0.05, 0) is 57.0 Å². The molecule has 0 saturated heterocycles. The molecular formula is C19H18N4OS2. The second-order valence-corrected chi connectivity index (χ2v) is 8.19. The van der Waals surface area contributed by atoms with Gasteiger partial charge >= 0.3 is 0 Å². The van der Waals surface area contributed by atoms with E-state index in [-0.39, 0.29) is 11.7 Å². The molecule has 0 aliphatic heterocycles. The Bertz CT molecular complexity index is 1050. The molecule has 3 aromatic rings. The summed E-state index contributed by atoms with van der Waals surface area (Å²) in [5, 5.41) is 13.9. The van der Waals surface area contributed by atoms with Crippen molar-refractivity contribution in [3.05, 3.63) is 45.6 Å². The molecule has 5 nitrogen and oxygen atoms in total. The molecule has 0 unspecified atom stereocenters. The number of thioether (sulfide) groups is 1. The van der Waals surface area contributed by atoms with Gasteiger partial charge in [-0.3, -0.25) is 4.79 Å². The van der Waals surface area contributed by atoms with Crippen LogP contribution in [-0.4, -0.2) is 21.6 Å². The van der Waals surface area contributed by atoms with Crippen LogP contribution in [0.1, 0.15) is 27.4 Å². The standard InChI is InChI=1S/C19H18N4OS2/c1-10-11(2)15(8-20)19(21-12(10)3)25-9-18(24)23-14-5-6-16-17(7-14)26-13(4)22-16/h5-7H,9H2,1-4H3,(H,23,24). The molecule has 7 heteroatoms. The maximum Gasteiger partial charge on any atom is 0.234 e. The summed E-state index contributed by atoms with van der Waals surface area (Å²) in [6.45, 7) is 7.75. The number of hydrogen-bond acceptors (Lipinski definition) is 6. The van der Waals surface area contributed by atoms with Crippen LogP contribution in [0.5, 0.6) is 0 Å². The van der Waals surface area contributed by atoms with Crippen LogP contribution in [0.4, 0.5) is 5.69 Å². The fourth-order valence-corrected chi connectivity index (χ4v) is 4.35. The molecule has 1 N–H and O–H groups in total. The van der Waals surface area contributed by atoms with Crippen LogP contribution >= 0.6 is 23.1 Å². The van der Waals surface area contributed by atoms with Crippen molar-refractivity contribution in [1.29, 1.82) is 5.26 Å².